The average Bonchev–Trinajstić information content (AvgIpc) is 2.98. The number of fused-ring (bicyclic) bond motifs is 1. The van der Waals surface area contributed by atoms with Gasteiger partial charge in [-0.2, -0.15) is 0 Å². The van der Waals surface area contributed by atoms with Gasteiger partial charge < -0.3 is 4.90 Å². The van der Waals surface area contributed by atoms with E-state index in [4.69, 9.17) is 11.6 Å². The molecule has 0 aliphatic heterocycles. The van der Waals surface area contributed by atoms with Crippen LogP contribution in [0.4, 0.5) is 0 Å². The van der Waals surface area contributed by atoms with Crippen molar-refractivity contribution in [2.24, 2.45) is 0 Å². The number of likely N-dealkylation sites (N-methyl/N-ethyl adjacent to an activating group) is 1. The molecule has 0 fully saturated rings. The smallest absolute Gasteiger partial charge is 0.269 e. The zero-order chi connectivity index (χ0) is 19.1. The van der Waals surface area contributed by atoms with Gasteiger partial charge in [0.15, 0.2) is 0 Å². The van der Waals surface area contributed by atoms with E-state index in [1.165, 1.54) is 3.97 Å². The summed E-state index contributed by atoms with van der Waals surface area (Å²) in [6, 6.07) is 10.5. The maximum Gasteiger partial charge on any atom is 0.269 e. The third-order valence-electron chi connectivity index (χ3n) is 4.35. The number of nitrogens with zero attached hydrogens (tertiary/aromatic N) is 2. The summed E-state index contributed by atoms with van der Waals surface area (Å²) in [5.74, 6) is 0. The van der Waals surface area contributed by atoms with Crippen LogP contribution in [-0.2, 0) is 16.4 Å². The van der Waals surface area contributed by atoms with Gasteiger partial charge in [-0.15, -0.1) is 0 Å². The lowest BCUT2D eigenvalue weighted by atomic mass is 10.1. The van der Waals surface area contributed by atoms with E-state index in [2.05, 4.69) is 20.8 Å². The molecule has 0 aliphatic rings. The zero-order valence-corrected chi connectivity index (χ0v) is 18.0. The van der Waals surface area contributed by atoms with E-state index in [1.807, 2.05) is 33.2 Å². The largest absolute Gasteiger partial charge is 0.309 e. The van der Waals surface area contributed by atoms with E-state index in [0.29, 0.717) is 21.4 Å². The summed E-state index contributed by atoms with van der Waals surface area (Å²) in [6.45, 7) is 2.71. The van der Waals surface area contributed by atoms with Crippen LogP contribution in [0.3, 0.4) is 0 Å². The minimum Gasteiger partial charge on any atom is -0.309 e. The van der Waals surface area contributed by atoms with Gasteiger partial charge in [-0.05, 0) is 72.7 Å². The molecule has 7 heteroatoms. The van der Waals surface area contributed by atoms with Crippen LogP contribution in [0.5, 0.6) is 0 Å². The lowest BCUT2D eigenvalue weighted by Gasteiger charge is -2.11. The number of hydrogen-bond acceptors (Lipinski definition) is 3. The average molecular weight is 456 g/mol. The predicted molar refractivity (Wildman–Crippen MR) is 111 cm³/mol. The van der Waals surface area contributed by atoms with Gasteiger partial charge in [0.25, 0.3) is 10.0 Å². The van der Waals surface area contributed by atoms with Gasteiger partial charge in [0.05, 0.1) is 10.5 Å². The fourth-order valence-corrected chi connectivity index (χ4v) is 5.70. The molecule has 0 aliphatic carbocycles. The standard InChI is InChI=1S/C19H20BrClN2O2S/c1-13-8-9-16(21)18-14(10-11-22(2)3)12-23(19(13)18)26(24,25)17-7-5-4-6-15(17)20/h4-9,12H,10-11H2,1-3H3. The molecule has 0 bridgehead atoms. The molecule has 26 heavy (non-hydrogen) atoms. The molecule has 3 aromatic rings. The van der Waals surface area contributed by atoms with Crippen molar-refractivity contribution in [2.45, 2.75) is 18.2 Å². The van der Waals surface area contributed by atoms with Crippen LogP contribution in [0, 0.1) is 6.92 Å². The van der Waals surface area contributed by atoms with Crippen molar-refractivity contribution in [1.82, 2.24) is 8.87 Å². The first-order chi connectivity index (χ1) is 12.2. The summed E-state index contributed by atoms with van der Waals surface area (Å²) >= 11 is 9.82. The maximum atomic E-state index is 13.4. The number of aromatic nitrogens is 1. The third kappa shape index (κ3) is 3.43. The molecule has 0 amide bonds. The van der Waals surface area contributed by atoms with Gasteiger partial charge in [0.2, 0.25) is 0 Å². The molecule has 0 unspecified atom stereocenters. The molecule has 0 radical (unpaired) electrons. The minimum atomic E-state index is -3.76. The molecular formula is C19H20BrClN2O2S. The molecule has 0 saturated heterocycles. The zero-order valence-electron chi connectivity index (χ0n) is 14.8. The van der Waals surface area contributed by atoms with Crippen LogP contribution in [0.1, 0.15) is 11.1 Å². The molecule has 0 atom stereocenters. The molecule has 1 heterocycles. The minimum absolute atomic E-state index is 0.232. The SMILES string of the molecule is Cc1ccc(Cl)c2c(CCN(C)C)cn(S(=O)(=O)c3ccccc3Br)c12. The van der Waals surface area contributed by atoms with Crippen LogP contribution in [0.2, 0.25) is 5.02 Å². The van der Waals surface area contributed by atoms with Crippen molar-refractivity contribution in [1.29, 1.82) is 0 Å². The Kier molecular flexibility index (Phi) is 5.49. The Morgan fingerprint density at radius 2 is 1.85 bits per heavy atom. The van der Waals surface area contributed by atoms with Gasteiger partial charge in [-0.1, -0.05) is 29.8 Å². The Hall–Kier alpha value is -1.34. The molecule has 1 aromatic heterocycles. The number of rotatable bonds is 5. The van der Waals surface area contributed by atoms with Gasteiger partial charge >= 0.3 is 0 Å². The quantitative estimate of drug-likeness (QED) is 0.560. The summed E-state index contributed by atoms with van der Waals surface area (Å²) in [5.41, 5.74) is 2.44. The van der Waals surface area contributed by atoms with Crippen molar-refractivity contribution >= 4 is 48.5 Å². The van der Waals surface area contributed by atoms with Gasteiger partial charge in [-0.25, -0.2) is 12.4 Å². The van der Waals surface area contributed by atoms with Crippen LogP contribution >= 0.6 is 27.5 Å². The van der Waals surface area contributed by atoms with E-state index in [9.17, 15) is 8.42 Å². The third-order valence-corrected chi connectivity index (χ3v) is 7.33. The normalized spacial score (nSPS) is 12.2. The van der Waals surface area contributed by atoms with Crippen molar-refractivity contribution in [3.8, 4) is 0 Å². The highest BCUT2D eigenvalue weighted by Gasteiger charge is 2.25. The molecular weight excluding hydrogens is 436 g/mol. The fourth-order valence-electron chi connectivity index (χ4n) is 3.01. The first-order valence-electron chi connectivity index (χ1n) is 8.17. The van der Waals surface area contributed by atoms with Crippen LogP contribution < -0.4 is 0 Å². The van der Waals surface area contributed by atoms with Crippen LogP contribution in [0.25, 0.3) is 10.9 Å². The molecule has 0 N–H and O–H groups in total. The Bertz CT molecular complexity index is 1070. The molecule has 0 saturated carbocycles. The monoisotopic (exact) mass is 454 g/mol. The summed E-state index contributed by atoms with van der Waals surface area (Å²) < 4.78 is 28.6. The summed E-state index contributed by atoms with van der Waals surface area (Å²) in [7, 11) is 0.224. The summed E-state index contributed by atoms with van der Waals surface area (Å²) in [4.78, 5) is 2.30. The Morgan fingerprint density at radius 1 is 1.15 bits per heavy atom. The Labute approximate surface area is 167 Å². The van der Waals surface area contributed by atoms with Crippen molar-refractivity contribution in [3.05, 3.63) is 63.2 Å². The van der Waals surface area contributed by atoms with Crippen molar-refractivity contribution in [2.75, 3.05) is 20.6 Å². The second kappa shape index (κ2) is 7.35. The van der Waals surface area contributed by atoms with Gasteiger partial charge in [0.1, 0.15) is 4.90 Å². The molecule has 0 spiro atoms. The van der Waals surface area contributed by atoms with Crippen molar-refractivity contribution in [3.63, 3.8) is 0 Å². The highest BCUT2D eigenvalue weighted by molar-refractivity contribution is 9.10. The molecule has 2 aromatic carbocycles. The second-order valence-corrected chi connectivity index (χ2v) is 9.57. The Morgan fingerprint density at radius 3 is 2.50 bits per heavy atom. The lowest BCUT2D eigenvalue weighted by molar-refractivity contribution is 0.414. The molecule has 138 valence electrons. The van der Waals surface area contributed by atoms with Crippen LogP contribution in [-0.4, -0.2) is 37.9 Å². The predicted octanol–water partition coefficient (Wildman–Crippen LogP) is 4.71. The topological polar surface area (TPSA) is 42.3 Å². The second-order valence-electron chi connectivity index (χ2n) is 6.53. The summed E-state index contributed by atoms with van der Waals surface area (Å²) in [5, 5.41) is 1.38. The van der Waals surface area contributed by atoms with E-state index in [1.54, 1.807) is 30.5 Å². The maximum absolute atomic E-state index is 13.4. The van der Waals surface area contributed by atoms with E-state index < -0.39 is 10.0 Å². The van der Waals surface area contributed by atoms with E-state index in [0.717, 1.165) is 23.1 Å². The number of halogens is 2. The number of hydrogen-bond donors (Lipinski definition) is 0. The molecule has 3 rings (SSSR count). The fraction of sp³-hybridized carbons (Fsp3) is 0.263. The Balaban J connectivity index is 2.30. The lowest BCUT2D eigenvalue weighted by Crippen LogP contribution is -2.15. The first kappa shape index (κ1) is 19.4. The molecule has 4 nitrogen and oxygen atoms in total. The highest BCUT2D eigenvalue weighted by Crippen LogP contribution is 2.35. The summed E-state index contributed by atoms with van der Waals surface area (Å²) in [6.07, 6.45) is 2.42. The number of benzene rings is 2. The van der Waals surface area contributed by atoms with Crippen molar-refractivity contribution < 1.29 is 8.42 Å². The van der Waals surface area contributed by atoms with Crippen LogP contribution in [0.15, 0.2) is 52.0 Å². The van der Waals surface area contributed by atoms with E-state index in [-0.39, 0.29) is 4.90 Å². The van der Waals surface area contributed by atoms with Gasteiger partial charge in [0, 0.05) is 22.6 Å². The first-order valence-corrected chi connectivity index (χ1v) is 10.8. The highest BCUT2D eigenvalue weighted by atomic mass is 79.9. The van der Waals surface area contributed by atoms with E-state index >= 15 is 0 Å². The number of aryl methyl sites for hydroxylation is 1. The van der Waals surface area contributed by atoms with Gasteiger partial charge in [-0.3, -0.25) is 0 Å².